The topological polar surface area (TPSA) is 66.0 Å². The van der Waals surface area contributed by atoms with Crippen LogP contribution in [0.2, 0.25) is 0 Å². The molecule has 0 radical (unpaired) electrons. The highest BCUT2D eigenvalue weighted by molar-refractivity contribution is 5.47. The van der Waals surface area contributed by atoms with E-state index in [1.807, 2.05) is 24.6 Å². The molecule has 0 aliphatic heterocycles. The first-order valence-corrected chi connectivity index (χ1v) is 14.0. The van der Waals surface area contributed by atoms with E-state index >= 15 is 0 Å². The molecule has 0 amide bonds. The van der Waals surface area contributed by atoms with Gasteiger partial charge in [0.2, 0.25) is 0 Å². The minimum absolute atomic E-state index is 0.0426. The van der Waals surface area contributed by atoms with E-state index in [9.17, 15) is 0 Å². The van der Waals surface area contributed by atoms with Crippen molar-refractivity contribution in [3.63, 3.8) is 0 Å². The van der Waals surface area contributed by atoms with Gasteiger partial charge >= 0.3 is 0 Å². The van der Waals surface area contributed by atoms with Crippen molar-refractivity contribution >= 4 is 0 Å². The highest BCUT2D eigenvalue weighted by Crippen LogP contribution is 2.80. The minimum atomic E-state index is 0.0426. The summed E-state index contributed by atoms with van der Waals surface area (Å²) in [6.45, 7) is 18.9. The quantitative estimate of drug-likeness (QED) is 0.386. The predicted octanol–water partition coefficient (Wildman–Crippen LogP) is 8.65. The van der Waals surface area contributed by atoms with E-state index in [2.05, 4.69) is 79.7 Å². The van der Waals surface area contributed by atoms with Crippen LogP contribution < -0.4 is 9.47 Å². The summed E-state index contributed by atoms with van der Waals surface area (Å²) in [5, 5.41) is 18.3. The molecule has 4 aliphatic rings. The van der Waals surface area contributed by atoms with Crippen LogP contribution in [0.4, 0.5) is 0 Å². The monoisotopic (exact) mass is 510 g/mol. The molecule has 4 nitrogen and oxygen atoms in total. The van der Waals surface area contributed by atoms with Gasteiger partial charge in [-0.3, -0.25) is 0 Å². The molecule has 4 heteroatoms. The Labute approximate surface area is 229 Å². The zero-order valence-electron chi connectivity index (χ0n) is 24.4. The van der Waals surface area contributed by atoms with E-state index in [4.69, 9.17) is 20.0 Å². The molecular formula is C34H42N2O2. The van der Waals surface area contributed by atoms with Gasteiger partial charge in [-0.25, -0.2) is 0 Å². The van der Waals surface area contributed by atoms with Gasteiger partial charge in [0.05, 0.1) is 0 Å². The van der Waals surface area contributed by atoms with Gasteiger partial charge in [-0.05, 0) is 119 Å². The molecule has 0 spiro atoms. The highest BCUT2D eigenvalue weighted by Gasteiger charge is 2.72. The molecule has 2 aromatic carbocycles. The van der Waals surface area contributed by atoms with Crippen LogP contribution in [0.15, 0.2) is 36.4 Å². The molecule has 0 atom stereocenters. The number of hydrogen-bond acceptors (Lipinski definition) is 4. The molecule has 4 aliphatic carbocycles. The van der Waals surface area contributed by atoms with Gasteiger partial charge in [0, 0.05) is 0 Å². The van der Waals surface area contributed by atoms with Crippen LogP contribution in [-0.2, 0) is 10.8 Å². The fraction of sp³-hybridized carbons (Fsp3) is 0.588. The van der Waals surface area contributed by atoms with E-state index in [1.165, 1.54) is 43.2 Å². The molecule has 38 heavy (non-hydrogen) atoms. The fourth-order valence-corrected chi connectivity index (χ4v) is 9.13. The second-order valence-corrected chi connectivity index (χ2v) is 15.0. The SMILES string of the molecule is Cc1cc(C23CC4(c5ccc(OC#N)c(C)c5)CC(C(C)(C)C)(C2)CC(C(C)(C)C)(C3)C4)ccc1OC#N. The van der Waals surface area contributed by atoms with Gasteiger partial charge in [-0.15, -0.1) is 10.5 Å². The highest BCUT2D eigenvalue weighted by atomic mass is 16.5. The molecule has 0 unspecified atom stereocenters. The van der Waals surface area contributed by atoms with Crippen LogP contribution in [0.5, 0.6) is 11.5 Å². The zero-order chi connectivity index (χ0) is 27.8. The molecule has 4 saturated carbocycles. The lowest BCUT2D eigenvalue weighted by Gasteiger charge is -2.76. The summed E-state index contributed by atoms with van der Waals surface area (Å²) in [5.41, 5.74) is 5.62. The summed E-state index contributed by atoms with van der Waals surface area (Å²) in [7, 11) is 0. The maximum absolute atomic E-state index is 9.13. The summed E-state index contributed by atoms with van der Waals surface area (Å²) < 4.78 is 10.5. The molecule has 4 fully saturated rings. The van der Waals surface area contributed by atoms with Gasteiger partial charge in [0.25, 0.3) is 12.5 Å². The second-order valence-electron chi connectivity index (χ2n) is 15.0. The Hall–Kier alpha value is -2.98. The van der Waals surface area contributed by atoms with Crippen LogP contribution in [0, 0.1) is 58.5 Å². The van der Waals surface area contributed by atoms with Crippen molar-refractivity contribution in [1.82, 2.24) is 0 Å². The summed E-state index contributed by atoms with van der Waals surface area (Å²) in [5.74, 6) is 1.30. The number of ether oxygens (including phenoxy) is 2. The van der Waals surface area contributed by atoms with Crippen molar-refractivity contribution in [1.29, 1.82) is 10.5 Å². The van der Waals surface area contributed by atoms with E-state index in [1.54, 1.807) is 0 Å². The van der Waals surface area contributed by atoms with Crippen molar-refractivity contribution in [3.05, 3.63) is 58.7 Å². The van der Waals surface area contributed by atoms with E-state index in [0.717, 1.165) is 17.5 Å². The third kappa shape index (κ3) is 3.75. The Morgan fingerprint density at radius 1 is 0.605 bits per heavy atom. The van der Waals surface area contributed by atoms with Crippen molar-refractivity contribution in [2.45, 2.75) is 105 Å². The molecule has 0 aromatic heterocycles. The maximum atomic E-state index is 9.13. The lowest BCUT2D eigenvalue weighted by atomic mass is 9.28. The van der Waals surface area contributed by atoms with Crippen LogP contribution in [0.25, 0.3) is 0 Å². The minimum Gasteiger partial charge on any atom is -0.388 e. The first-order chi connectivity index (χ1) is 17.6. The van der Waals surface area contributed by atoms with E-state index in [-0.39, 0.29) is 32.5 Å². The Kier molecular flexibility index (Phi) is 5.79. The molecule has 200 valence electrons. The lowest BCUT2D eigenvalue weighted by Crippen LogP contribution is -2.69. The lowest BCUT2D eigenvalue weighted by molar-refractivity contribution is -0.214. The molecule has 6 rings (SSSR count). The van der Waals surface area contributed by atoms with E-state index < -0.39 is 0 Å². The van der Waals surface area contributed by atoms with Crippen LogP contribution in [0.3, 0.4) is 0 Å². The normalized spacial score (nSPS) is 31.9. The van der Waals surface area contributed by atoms with Gasteiger partial charge in [-0.1, -0.05) is 65.8 Å². The van der Waals surface area contributed by atoms with Crippen molar-refractivity contribution in [2.75, 3.05) is 0 Å². The number of nitrogens with zero attached hydrogens (tertiary/aromatic N) is 2. The Morgan fingerprint density at radius 3 is 1.26 bits per heavy atom. The number of aryl methyl sites for hydroxylation is 2. The number of benzene rings is 2. The van der Waals surface area contributed by atoms with Gasteiger partial charge in [-0.2, -0.15) is 0 Å². The van der Waals surface area contributed by atoms with E-state index in [0.29, 0.717) is 11.5 Å². The molecule has 4 bridgehead atoms. The Balaban J connectivity index is 1.76. The third-order valence-electron chi connectivity index (χ3n) is 11.1. The fourth-order valence-electron chi connectivity index (χ4n) is 9.13. The molecular weight excluding hydrogens is 468 g/mol. The summed E-state index contributed by atoms with van der Waals surface area (Å²) in [4.78, 5) is 0. The smallest absolute Gasteiger partial charge is 0.292 e. The third-order valence-corrected chi connectivity index (χ3v) is 11.1. The number of rotatable bonds is 4. The van der Waals surface area contributed by atoms with Crippen LogP contribution in [-0.4, -0.2) is 0 Å². The average Bonchev–Trinajstić information content (AvgIpc) is 2.80. The number of nitriles is 2. The first-order valence-electron chi connectivity index (χ1n) is 14.0. The first kappa shape index (κ1) is 26.6. The van der Waals surface area contributed by atoms with Gasteiger partial charge in [0.1, 0.15) is 11.5 Å². The van der Waals surface area contributed by atoms with Crippen molar-refractivity contribution in [2.24, 2.45) is 21.7 Å². The average molecular weight is 511 g/mol. The summed E-state index contributed by atoms with van der Waals surface area (Å²) in [6, 6.07) is 13.1. The van der Waals surface area contributed by atoms with Crippen LogP contribution >= 0.6 is 0 Å². The van der Waals surface area contributed by atoms with Gasteiger partial charge in [0.15, 0.2) is 0 Å². The molecule has 0 N–H and O–H groups in total. The Morgan fingerprint density at radius 2 is 0.974 bits per heavy atom. The largest absolute Gasteiger partial charge is 0.388 e. The van der Waals surface area contributed by atoms with Crippen molar-refractivity contribution < 1.29 is 9.47 Å². The maximum Gasteiger partial charge on any atom is 0.292 e. The van der Waals surface area contributed by atoms with Gasteiger partial charge < -0.3 is 9.47 Å². The standard InChI is InChI=1S/C34H42N2O2/c1-23-13-25(9-11-27(23)37-21-35)31-15-32(26-10-12-28(38-22-36)24(2)14-26)18-33(16-31,29(3,4)5)20-34(17-31,19-32)30(6,7)8/h9-14H,15-20H2,1-8H3. The second kappa shape index (κ2) is 8.26. The molecule has 0 saturated heterocycles. The molecule has 2 aromatic rings. The zero-order valence-corrected chi connectivity index (χ0v) is 24.4. The number of hydrogen-bond donors (Lipinski definition) is 0. The Bertz CT molecular complexity index is 1240. The van der Waals surface area contributed by atoms with Crippen molar-refractivity contribution in [3.8, 4) is 24.0 Å². The summed E-state index contributed by atoms with van der Waals surface area (Å²) in [6.07, 6.45) is 10.8. The predicted molar refractivity (Wildman–Crippen MR) is 150 cm³/mol. The molecule has 0 heterocycles. The van der Waals surface area contributed by atoms with Crippen LogP contribution in [0.1, 0.15) is 102 Å². The summed E-state index contributed by atoms with van der Waals surface area (Å²) >= 11 is 0.